The first-order valence-electron chi connectivity index (χ1n) is 6.41. The fraction of sp³-hybridized carbons (Fsp3) is 0.133. The fourth-order valence-electron chi connectivity index (χ4n) is 2.11. The third-order valence-electron chi connectivity index (χ3n) is 3.15. The summed E-state index contributed by atoms with van der Waals surface area (Å²) in [7, 11) is 0. The van der Waals surface area contributed by atoms with Crippen molar-refractivity contribution in [1.82, 2.24) is 15.1 Å². The predicted octanol–water partition coefficient (Wildman–Crippen LogP) is 2.70. The van der Waals surface area contributed by atoms with Crippen molar-refractivity contribution in [1.29, 1.82) is 0 Å². The molecule has 0 saturated carbocycles. The van der Waals surface area contributed by atoms with Gasteiger partial charge in [0.25, 0.3) is 5.89 Å². The van der Waals surface area contributed by atoms with Gasteiger partial charge in [0.1, 0.15) is 5.69 Å². The maximum atomic E-state index is 9.95. The number of nitrogen functional groups attached to an aromatic ring is 1. The lowest BCUT2D eigenvalue weighted by atomic mass is 10.1. The third kappa shape index (κ3) is 2.31. The maximum absolute atomic E-state index is 9.95. The van der Waals surface area contributed by atoms with E-state index < -0.39 is 0 Å². The molecule has 0 amide bonds. The molecule has 0 aliphatic heterocycles. The quantitative estimate of drug-likeness (QED) is 0.554. The van der Waals surface area contributed by atoms with E-state index in [1.807, 2.05) is 19.9 Å². The number of benzene rings is 1. The molecule has 2 heterocycles. The highest BCUT2D eigenvalue weighted by molar-refractivity contribution is 5.72. The van der Waals surface area contributed by atoms with Crippen LogP contribution in [-0.4, -0.2) is 20.2 Å². The number of anilines is 1. The van der Waals surface area contributed by atoms with Gasteiger partial charge >= 0.3 is 0 Å². The Balaban J connectivity index is 2.06. The fourth-order valence-corrected chi connectivity index (χ4v) is 2.11. The number of nitrogens with two attached hydrogens (primary N) is 1. The lowest BCUT2D eigenvalue weighted by molar-refractivity contribution is 0.426. The van der Waals surface area contributed by atoms with Crippen LogP contribution in [0, 0.1) is 13.8 Å². The Morgan fingerprint density at radius 2 is 2.05 bits per heavy atom. The van der Waals surface area contributed by atoms with Crippen molar-refractivity contribution in [3.63, 3.8) is 0 Å². The molecule has 0 saturated heterocycles. The van der Waals surface area contributed by atoms with Gasteiger partial charge in [-0.1, -0.05) is 17.3 Å². The molecule has 6 nitrogen and oxygen atoms in total. The van der Waals surface area contributed by atoms with Gasteiger partial charge in [0.2, 0.25) is 5.82 Å². The van der Waals surface area contributed by atoms with Crippen LogP contribution < -0.4 is 5.73 Å². The SMILES string of the molecule is Cc1cnc(-c2noc(-c3cccc(N)c3O)n2)c(C)c1. The summed E-state index contributed by atoms with van der Waals surface area (Å²) >= 11 is 0. The van der Waals surface area contributed by atoms with E-state index in [1.165, 1.54) is 0 Å². The Hall–Kier alpha value is -2.89. The van der Waals surface area contributed by atoms with E-state index >= 15 is 0 Å². The molecule has 0 radical (unpaired) electrons. The Labute approximate surface area is 121 Å². The molecule has 0 spiro atoms. The van der Waals surface area contributed by atoms with Gasteiger partial charge in [-0.05, 0) is 37.1 Å². The normalized spacial score (nSPS) is 10.8. The van der Waals surface area contributed by atoms with Crippen LogP contribution in [0.5, 0.6) is 5.75 Å². The van der Waals surface area contributed by atoms with E-state index in [-0.39, 0.29) is 17.3 Å². The molecule has 0 fully saturated rings. The summed E-state index contributed by atoms with van der Waals surface area (Å²) in [6.45, 7) is 3.90. The summed E-state index contributed by atoms with van der Waals surface area (Å²) in [6, 6.07) is 6.97. The van der Waals surface area contributed by atoms with Gasteiger partial charge < -0.3 is 15.4 Å². The van der Waals surface area contributed by atoms with Gasteiger partial charge in [-0.15, -0.1) is 0 Å². The topological polar surface area (TPSA) is 98.1 Å². The monoisotopic (exact) mass is 282 g/mol. The number of phenolic OH excluding ortho intramolecular Hbond substituents is 1. The minimum Gasteiger partial charge on any atom is -0.505 e. The Morgan fingerprint density at radius 3 is 2.81 bits per heavy atom. The average Bonchev–Trinajstić information content (AvgIpc) is 2.91. The number of para-hydroxylation sites is 1. The molecule has 0 aliphatic rings. The van der Waals surface area contributed by atoms with Crippen molar-refractivity contribution in [3.8, 4) is 28.7 Å². The second-order valence-corrected chi connectivity index (χ2v) is 4.84. The number of aryl methyl sites for hydroxylation is 2. The second-order valence-electron chi connectivity index (χ2n) is 4.84. The maximum Gasteiger partial charge on any atom is 0.262 e. The molecule has 2 aromatic heterocycles. The van der Waals surface area contributed by atoms with Crippen LogP contribution in [-0.2, 0) is 0 Å². The second kappa shape index (κ2) is 4.90. The number of hydrogen-bond acceptors (Lipinski definition) is 6. The largest absolute Gasteiger partial charge is 0.505 e. The van der Waals surface area contributed by atoms with E-state index in [0.29, 0.717) is 17.1 Å². The summed E-state index contributed by atoms with van der Waals surface area (Å²) < 4.78 is 5.21. The minimum atomic E-state index is -0.0683. The number of hydrogen-bond donors (Lipinski definition) is 2. The van der Waals surface area contributed by atoms with Crippen LogP contribution in [0.4, 0.5) is 5.69 Å². The van der Waals surface area contributed by atoms with Gasteiger partial charge in [0.15, 0.2) is 5.75 Å². The van der Waals surface area contributed by atoms with Crippen LogP contribution in [0.1, 0.15) is 11.1 Å². The molecular weight excluding hydrogens is 268 g/mol. The zero-order valence-corrected chi connectivity index (χ0v) is 11.7. The van der Waals surface area contributed by atoms with Crippen molar-refractivity contribution in [2.24, 2.45) is 0 Å². The molecule has 106 valence electrons. The van der Waals surface area contributed by atoms with Crippen LogP contribution in [0.25, 0.3) is 23.0 Å². The number of rotatable bonds is 2. The molecule has 0 aliphatic carbocycles. The molecular formula is C15H14N4O2. The van der Waals surface area contributed by atoms with Crippen LogP contribution >= 0.6 is 0 Å². The number of aromatic nitrogens is 3. The van der Waals surface area contributed by atoms with Crippen molar-refractivity contribution < 1.29 is 9.63 Å². The lowest BCUT2D eigenvalue weighted by Crippen LogP contribution is -1.91. The third-order valence-corrected chi connectivity index (χ3v) is 3.15. The molecule has 21 heavy (non-hydrogen) atoms. The first kappa shape index (κ1) is 13.1. The minimum absolute atomic E-state index is 0.0683. The van der Waals surface area contributed by atoms with Gasteiger partial charge in [0, 0.05) is 6.20 Å². The van der Waals surface area contributed by atoms with Gasteiger partial charge in [-0.25, -0.2) is 0 Å². The van der Waals surface area contributed by atoms with E-state index in [0.717, 1.165) is 11.1 Å². The van der Waals surface area contributed by atoms with Crippen molar-refractivity contribution in [2.45, 2.75) is 13.8 Å². The molecule has 0 atom stereocenters. The number of aromatic hydroxyl groups is 1. The van der Waals surface area contributed by atoms with E-state index in [2.05, 4.69) is 15.1 Å². The first-order chi connectivity index (χ1) is 10.1. The zero-order chi connectivity index (χ0) is 15.0. The summed E-state index contributed by atoms with van der Waals surface area (Å²) in [4.78, 5) is 8.61. The number of nitrogens with zero attached hydrogens (tertiary/aromatic N) is 3. The van der Waals surface area contributed by atoms with E-state index in [9.17, 15) is 5.11 Å². The van der Waals surface area contributed by atoms with Crippen LogP contribution in [0.2, 0.25) is 0 Å². The molecule has 3 rings (SSSR count). The molecule has 3 N–H and O–H groups in total. The first-order valence-corrected chi connectivity index (χ1v) is 6.41. The molecule has 0 bridgehead atoms. The van der Waals surface area contributed by atoms with Crippen molar-refractivity contribution in [3.05, 3.63) is 41.6 Å². The van der Waals surface area contributed by atoms with Crippen molar-refractivity contribution in [2.75, 3.05) is 5.73 Å². The molecule has 3 aromatic rings. The van der Waals surface area contributed by atoms with Crippen LogP contribution in [0.3, 0.4) is 0 Å². The number of pyridine rings is 1. The van der Waals surface area contributed by atoms with Gasteiger partial charge in [-0.3, -0.25) is 4.98 Å². The summed E-state index contributed by atoms with van der Waals surface area (Å²) in [6.07, 6.45) is 1.75. The standard InChI is InChI=1S/C15H14N4O2/c1-8-6-9(2)12(17-7-8)14-18-15(21-19-14)10-4-3-5-11(16)13(10)20/h3-7,20H,16H2,1-2H3. The highest BCUT2D eigenvalue weighted by Crippen LogP contribution is 2.33. The summed E-state index contributed by atoms with van der Waals surface area (Å²) in [5, 5.41) is 13.9. The van der Waals surface area contributed by atoms with Crippen molar-refractivity contribution >= 4 is 5.69 Å². The highest BCUT2D eigenvalue weighted by atomic mass is 16.5. The smallest absolute Gasteiger partial charge is 0.262 e. The van der Waals surface area contributed by atoms with Crippen LogP contribution in [0.15, 0.2) is 35.0 Å². The predicted molar refractivity (Wildman–Crippen MR) is 78.5 cm³/mol. The lowest BCUT2D eigenvalue weighted by Gasteiger charge is -2.02. The molecule has 0 unspecified atom stereocenters. The van der Waals surface area contributed by atoms with E-state index in [1.54, 1.807) is 24.4 Å². The molecule has 6 heteroatoms. The Morgan fingerprint density at radius 1 is 1.24 bits per heavy atom. The average molecular weight is 282 g/mol. The van der Waals surface area contributed by atoms with Gasteiger partial charge in [0.05, 0.1) is 11.3 Å². The Bertz CT molecular complexity index is 811. The zero-order valence-electron chi connectivity index (χ0n) is 11.7. The van der Waals surface area contributed by atoms with Gasteiger partial charge in [-0.2, -0.15) is 4.98 Å². The summed E-state index contributed by atoms with van der Waals surface area (Å²) in [5.74, 6) is 0.516. The summed E-state index contributed by atoms with van der Waals surface area (Å²) in [5.41, 5.74) is 9.00. The number of phenols is 1. The van der Waals surface area contributed by atoms with E-state index in [4.69, 9.17) is 10.3 Å². The Kier molecular flexibility index (Phi) is 3.06. The highest BCUT2D eigenvalue weighted by Gasteiger charge is 2.17. The molecule has 1 aromatic carbocycles.